The van der Waals surface area contributed by atoms with E-state index in [1.54, 1.807) is 21.0 Å². The minimum Gasteiger partial charge on any atom is -0.481 e. The van der Waals surface area contributed by atoms with Gasteiger partial charge in [-0.2, -0.15) is 11.8 Å². The lowest BCUT2D eigenvalue weighted by Crippen LogP contribution is -2.23. The molecule has 0 atom stereocenters. The number of ether oxygens (including phenoxy) is 1. The number of hydrogen-bond acceptors (Lipinski definition) is 3. The van der Waals surface area contributed by atoms with Crippen LogP contribution in [0, 0.1) is 5.41 Å². The van der Waals surface area contributed by atoms with Crippen molar-refractivity contribution < 1.29 is 14.6 Å². The van der Waals surface area contributed by atoms with Gasteiger partial charge in [-0.25, -0.2) is 0 Å². The summed E-state index contributed by atoms with van der Waals surface area (Å²) in [5, 5.41) is 8.86. The number of carboxylic acids is 1. The molecule has 84 valence electrons. The van der Waals surface area contributed by atoms with Gasteiger partial charge < -0.3 is 9.84 Å². The van der Waals surface area contributed by atoms with Gasteiger partial charge in [0.05, 0.1) is 12.0 Å². The Morgan fingerprint density at radius 2 is 2.07 bits per heavy atom. The van der Waals surface area contributed by atoms with Crippen LogP contribution >= 0.6 is 11.8 Å². The van der Waals surface area contributed by atoms with Gasteiger partial charge in [-0.1, -0.05) is 0 Å². The Balaban J connectivity index is 3.40. The fraction of sp³-hybridized carbons (Fsp3) is 0.900. The Hall–Kier alpha value is -0.220. The fourth-order valence-corrected chi connectivity index (χ4v) is 1.80. The highest BCUT2D eigenvalue weighted by atomic mass is 32.2. The standard InChI is InChI=1S/C10H20O3S/c1-10(2,9(11)12)5-4-7-14-8-6-13-3/h4-8H2,1-3H3,(H,11,12). The van der Waals surface area contributed by atoms with E-state index >= 15 is 0 Å². The summed E-state index contributed by atoms with van der Waals surface area (Å²) in [5.41, 5.74) is -0.582. The Bertz CT molecular complexity index is 169. The average molecular weight is 220 g/mol. The molecule has 3 nitrogen and oxygen atoms in total. The lowest BCUT2D eigenvalue weighted by Gasteiger charge is -2.18. The van der Waals surface area contributed by atoms with Crippen molar-refractivity contribution in [3.63, 3.8) is 0 Å². The number of aliphatic carboxylic acids is 1. The van der Waals surface area contributed by atoms with Crippen LogP contribution in [0.5, 0.6) is 0 Å². The van der Waals surface area contributed by atoms with Gasteiger partial charge in [0.15, 0.2) is 0 Å². The molecule has 0 saturated carbocycles. The summed E-state index contributed by atoms with van der Waals surface area (Å²) in [6.45, 7) is 4.32. The minimum absolute atomic E-state index is 0.582. The molecule has 0 rings (SSSR count). The highest BCUT2D eigenvalue weighted by Gasteiger charge is 2.25. The molecule has 0 aromatic heterocycles. The highest BCUT2D eigenvalue weighted by molar-refractivity contribution is 7.99. The topological polar surface area (TPSA) is 46.5 Å². The van der Waals surface area contributed by atoms with Crippen LogP contribution in [0.25, 0.3) is 0 Å². The second-order valence-corrected chi connectivity index (χ2v) is 5.12. The molecular weight excluding hydrogens is 200 g/mol. The maximum absolute atomic E-state index is 10.8. The van der Waals surface area contributed by atoms with Crippen molar-refractivity contribution in [1.82, 2.24) is 0 Å². The van der Waals surface area contributed by atoms with Gasteiger partial charge in [0.2, 0.25) is 0 Å². The van der Waals surface area contributed by atoms with Gasteiger partial charge in [-0.05, 0) is 32.4 Å². The maximum atomic E-state index is 10.8. The Labute approximate surface area is 90.2 Å². The van der Waals surface area contributed by atoms with Crippen LogP contribution in [-0.2, 0) is 9.53 Å². The molecule has 0 aliphatic carbocycles. The van der Waals surface area contributed by atoms with Crippen LogP contribution in [0.15, 0.2) is 0 Å². The molecule has 1 N–H and O–H groups in total. The lowest BCUT2D eigenvalue weighted by molar-refractivity contribution is -0.147. The normalized spacial score (nSPS) is 11.6. The summed E-state index contributed by atoms with van der Waals surface area (Å²) in [6, 6.07) is 0. The van der Waals surface area contributed by atoms with Crippen LogP contribution in [0.2, 0.25) is 0 Å². The van der Waals surface area contributed by atoms with E-state index in [2.05, 4.69) is 0 Å². The zero-order valence-corrected chi connectivity index (χ0v) is 10.0. The zero-order valence-electron chi connectivity index (χ0n) is 9.21. The molecule has 0 spiro atoms. The molecule has 0 aliphatic rings. The first kappa shape index (κ1) is 13.8. The molecule has 0 radical (unpaired) electrons. The summed E-state index contributed by atoms with van der Waals surface area (Å²) in [5.74, 6) is 1.30. The maximum Gasteiger partial charge on any atom is 0.309 e. The highest BCUT2D eigenvalue weighted by Crippen LogP contribution is 2.23. The number of hydrogen-bond donors (Lipinski definition) is 1. The van der Waals surface area contributed by atoms with Crippen molar-refractivity contribution >= 4 is 17.7 Å². The molecule has 14 heavy (non-hydrogen) atoms. The summed E-state index contributed by atoms with van der Waals surface area (Å²) in [7, 11) is 1.69. The molecule has 0 unspecified atom stereocenters. The summed E-state index contributed by atoms with van der Waals surface area (Å²) >= 11 is 1.81. The molecule has 0 saturated heterocycles. The summed E-state index contributed by atoms with van der Waals surface area (Å²) in [4.78, 5) is 10.8. The second-order valence-electron chi connectivity index (χ2n) is 3.90. The Morgan fingerprint density at radius 1 is 1.43 bits per heavy atom. The summed E-state index contributed by atoms with van der Waals surface area (Å²) in [6.07, 6.45) is 1.69. The van der Waals surface area contributed by atoms with E-state index in [-0.39, 0.29) is 0 Å². The molecule has 0 aromatic rings. The predicted octanol–water partition coefficient (Wildman–Crippen LogP) is 2.26. The molecule has 0 fully saturated rings. The van der Waals surface area contributed by atoms with Crippen LogP contribution in [0.4, 0.5) is 0 Å². The molecular formula is C10H20O3S. The molecule has 0 aromatic carbocycles. The van der Waals surface area contributed by atoms with E-state index in [1.807, 2.05) is 11.8 Å². The average Bonchev–Trinajstić information content (AvgIpc) is 2.10. The van der Waals surface area contributed by atoms with E-state index in [4.69, 9.17) is 9.84 Å². The van der Waals surface area contributed by atoms with Gasteiger partial charge in [0.25, 0.3) is 0 Å². The molecule has 0 aliphatic heterocycles. The van der Waals surface area contributed by atoms with E-state index in [1.165, 1.54) is 0 Å². The lowest BCUT2D eigenvalue weighted by atomic mass is 9.88. The minimum atomic E-state index is -0.709. The quantitative estimate of drug-likeness (QED) is 0.637. The Morgan fingerprint density at radius 3 is 2.57 bits per heavy atom. The smallest absolute Gasteiger partial charge is 0.309 e. The van der Waals surface area contributed by atoms with E-state index in [0.717, 1.165) is 31.0 Å². The monoisotopic (exact) mass is 220 g/mol. The van der Waals surface area contributed by atoms with E-state index in [9.17, 15) is 4.79 Å². The predicted molar refractivity (Wildman–Crippen MR) is 59.9 cm³/mol. The van der Waals surface area contributed by atoms with Gasteiger partial charge in [0.1, 0.15) is 0 Å². The molecule has 0 bridgehead atoms. The van der Waals surface area contributed by atoms with Crippen LogP contribution < -0.4 is 0 Å². The van der Waals surface area contributed by atoms with Gasteiger partial charge in [-0.15, -0.1) is 0 Å². The van der Waals surface area contributed by atoms with E-state index < -0.39 is 11.4 Å². The van der Waals surface area contributed by atoms with Gasteiger partial charge >= 0.3 is 5.97 Å². The number of rotatable bonds is 8. The van der Waals surface area contributed by atoms with Crippen molar-refractivity contribution in [3.8, 4) is 0 Å². The molecule has 0 heterocycles. The molecule has 4 heteroatoms. The van der Waals surface area contributed by atoms with Crippen LogP contribution in [0.3, 0.4) is 0 Å². The van der Waals surface area contributed by atoms with Crippen LogP contribution in [0.1, 0.15) is 26.7 Å². The Kier molecular flexibility index (Phi) is 7.01. The third-order valence-electron chi connectivity index (χ3n) is 2.10. The van der Waals surface area contributed by atoms with Crippen LogP contribution in [-0.4, -0.2) is 36.3 Å². The number of thioether (sulfide) groups is 1. The van der Waals surface area contributed by atoms with Gasteiger partial charge in [0, 0.05) is 12.9 Å². The third kappa shape index (κ3) is 6.27. The first-order valence-electron chi connectivity index (χ1n) is 4.81. The zero-order chi connectivity index (χ0) is 11.0. The van der Waals surface area contributed by atoms with Crippen molar-refractivity contribution in [2.75, 3.05) is 25.2 Å². The van der Waals surface area contributed by atoms with Crippen molar-refractivity contribution in [2.24, 2.45) is 5.41 Å². The first-order valence-corrected chi connectivity index (χ1v) is 5.96. The van der Waals surface area contributed by atoms with E-state index in [0.29, 0.717) is 0 Å². The van der Waals surface area contributed by atoms with Gasteiger partial charge in [-0.3, -0.25) is 4.79 Å². The number of methoxy groups -OCH3 is 1. The first-order chi connectivity index (χ1) is 6.50. The third-order valence-corrected chi connectivity index (χ3v) is 3.13. The SMILES string of the molecule is COCCSCCCC(C)(C)C(=O)O. The fourth-order valence-electron chi connectivity index (χ4n) is 0.967. The largest absolute Gasteiger partial charge is 0.481 e. The van der Waals surface area contributed by atoms with Crippen molar-refractivity contribution in [1.29, 1.82) is 0 Å². The van der Waals surface area contributed by atoms with Crippen molar-refractivity contribution in [2.45, 2.75) is 26.7 Å². The van der Waals surface area contributed by atoms with Crippen molar-refractivity contribution in [3.05, 3.63) is 0 Å². The number of carboxylic acid groups (broad SMARTS) is 1. The number of carbonyl (C=O) groups is 1. The second kappa shape index (κ2) is 7.12. The summed E-state index contributed by atoms with van der Waals surface area (Å²) < 4.78 is 4.91. The molecule has 0 amide bonds.